The lowest BCUT2D eigenvalue weighted by atomic mass is 10.1. The molecule has 1 aliphatic carbocycles. The lowest BCUT2D eigenvalue weighted by Gasteiger charge is -2.04. The molecule has 2 N–H and O–H groups in total. The van der Waals surface area contributed by atoms with Crippen LogP contribution < -0.4 is 5.73 Å². The molecule has 0 saturated heterocycles. The molecule has 2 aromatic rings. The first-order chi connectivity index (χ1) is 7.74. The summed E-state index contributed by atoms with van der Waals surface area (Å²) in [7, 11) is 0. The molecule has 1 aromatic carbocycles. The fourth-order valence-corrected chi connectivity index (χ4v) is 2.22. The maximum atomic E-state index is 5.63. The average Bonchev–Trinajstić information content (AvgIpc) is 2.99. The number of benzene rings is 1. The predicted molar refractivity (Wildman–Crippen MR) is 70.5 cm³/mol. The number of hydrogen-bond acceptors (Lipinski definition) is 1. The Morgan fingerprint density at radius 1 is 1.38 bits per heavy atom. The minimum absolute atomic E-state index is 0.469. The van der Waals surface area contributed by atoms with E-state index in [0.717, 1.165) is 18.0 Å². The second-order valence-corrected chi connectivity index (χ2v) is 4.99. The highest BCUT2D eigenvalue weighted by atomic mass is 32.1. The van der Waals surface area contributed by atoms with Crippen molar-refractivity contribution in [3.8, 4) is 0 Å². The molecule has 0 aliphatic heterocycles. The van der Waals surface area contributed by atoms with Gasteiger partial charge in [-0.15, -0.1) is 0 Å². The quantitative estimate of drug-likeness (QED) is 0.822. The van der Waals surface area contributed by atoms with Crippen molar-refractivity contribution in [3.05, 3.63) is 36.0 Å². The van der Waals surface area contributed by atoms with E-state index in [2.05, 4.69) is 29.0 Å². The molecule has 82 valence electrons. The highest BCUT2D eigenvalue weighted by molar-refractivity contribution is 7.80. The first-order valence-electron chi connectivity index (χ1n) is 5.63. The number of thiocarbonyl (C=S) groups is 1. The van der Waals surface area contributed by atoms with Gasteiger partial charge in [0.1, 0.15) is 4.99 Å². The molecule has 1 aromatic heterocycles. The monoisotopic (exact) mass is 230 g/mol. The second-order valence-electron chi connectivity index (χ2n) is 4.55. The SMILES string of the molecule is NC(=S)c1ccc2c(ccn2CC2CC2)c1. The van der Waals surface area contributed by atoms with Crippen LogP contribution in [0.5, 0.6) is 0 Å². The van der Waals surface area contributed by atoms with Crippen molar-refractivity contribution in [3.63, 3.8) is 0 Å². The van der Waals surface area contributed by atoms with Crippen molar-refractivity contribution in [2.45, 2.75) is 19.4 Å². The van der Waals surface area contributed by atoms with Crippen molar-refractivity contribution in [2.24, 2.45) is 11.7 Å². The van der Waals surface area contributed by atoms with Gasteiger partial charge in [0.05, 0.1) is 0 Å². The zero-order valence-electron chi connectivity index (χ0n) is 9.02. The average molecular weight is 230 g/mol. The normalized spacial score (nSPS) is 15.5. The van der Waals surface area contributed by atoms with Crippen molar-refractivity contribution in [1.82, 2.24) is 4.57 Å². The molecule has 1 saturated carbocycles. The molecule has 3 heteroatoms. The molecule has 0 radical (unpaired) electrons. The molecule has 1 fully saturated rings. The van der Waals surface area contributed by atoms with E-state index in [4.69, 9.17) is 18.0 Å². The van der Waals surface area contributed by atoms with Gasteiger partial charge in [-0.3, -0.25) is 0 Å². The van der Waals surface area contributed by atoms with Gasteiger partial charge in [0.15, 0.2) is 0 Å². The Bertz CT molecular complexity index is 552. The molecule has 16 heavy (non-hydrogen) atoms. The first kappa shape index (κ1) is 9.85. The second kappa shape index (κ2) is 3.59. The minimum Gasteiger partial charge on any atom is -0.389 e. The molecule has 0 bridgehead atoms. The first-order valence-corrected chi connectivity index (χ1v) is 6.03. The van der Waals surface area contributed by atoms with Crippen LogP contribution in [0.2, 0.25) is 0 Å². The lowest BCUT2D eigenvalue weighted by Crippen LogP contribution is -2.08. The molecule has 3 rings (SSSR count). The molecule has 0 unspecified atom stereocenters. The largest absolute Gasteiger partial charge is 0.389 e. The maximum absolute atomic E-state index is 5.63. The molecule has 2 nitrogen and oxygen atoms in total. The number of aromatic nitrogens is 1. The molecule has 0 amide bonds. The van der Waals surface area contributed by atoms with Gasteiger partial charge < -0.3 is 10.3 Å². The van der Waals surface area contributed by atoms with E-state index in [1.165, 1.54) is 23.7 Å². The van der Waals surface area contributed by atoms with Gasteiger partial charge in [-0.05, 0) is 43.0 Å². The van der Waals surface area contributed by atoms with Crippen LogP contribution in [0.15, 0.2) is 30.5 Å². The van der Waals surface area contributed by atoms with E-state index < -0.39 is 0 Å². The molecule has 1 heterocycles. The number of fused-ring (bicyclic) bond motifs is 1. The van der Waals surface area contributed by atoms with Crippen LogP contribution in [0.1, 0.15) is 18.4 Å². The van der Waals surface area contributed by atoms with Gasteiger partial charge in [0.25, 0.3) is 0 Å². The Balaban J connectivity index is 2.02. The highest BCUT2D eigenvalue weighted by Crippen LogP contribution is 2.32. The summed E-state index contributed by atoms with van der Waals surface area (Å²) in [6, 6.07) is 8.33. The van der Waals surface area contributed by atoms with E-state index >= 15 is 0 Å². The summed E-state index contributed by atoms with van der Waals surface area (Å²) in [5.41, 5.74) is 7.86. The summed E-state index contributed by atoms with van der Waals surface area (Å²) < 4.78 is 2.33. The van der Waals surface area contributed by atoms with Gasteiger partial charge in [-0.2, -0.15) is 0 Å². The number of nitrogens with zero attached hydrogens (tertiary/aromatic N) is 1. The predicted octanol–water partition coefficient (Wildman–Crippen LogP) is 2.69. The zero-order chi connectivity index (χ0) is 11.1. The van der Waals surface area contributed by atoms with Gasteiger partial charge in [0.2, 0.25) is 0 Å². The number of rotatable bonds is 3. The van der Waals surface area contributed by atoms with Crippen molar-refractivity contribution < 1.29 is 0 Å². The van der Waals surface area contributed by atoms with Crippen LogP contribution in [-0.2, 0) is 6.54 Å². The Labute approximate surface area is 100 Å². The summed E-state index contributed by atoms with van der Waals surface area (Å²) in [6.45, 7) is 1.15. The fraction of sp³-hybridized carbons (Fsp3) is 0.308. The van der Waals surface area contributed by atoms with Gasteiger partial charge in [-0.25, -0.2) is 0 Å². The summed E-state index contributed by atoms with van der Waals surface area (Å²) in [5.74, 6) is 0.894. The van der Waals surface area contributed by atoms with Crippen LogP contribution in [-0.4, -0.2) is 9.56 Å². The van der Waals surface area contributed by atoms with Gasteiger partial charge in [0, 0.05) is 29.2 Å². The van der Waals surface area contributed by atoms with Crippen LogP contribution >= 0.6 is 12.2 Å². The van der Waals surface area contributed by atoms with E-state index in [0.29, 0.717) is 4.99 Å². The topological polar surface area (TPSA) is 30.9 Å². The van der Waals surface area contributed by atoms with Crippen molar-refractivity contribution in [2.75, 3.05) is 0 Å². The van der Waals surface area contributed by atoms with Crippen LogP contribution in [0.25, 0.3) is 10.9 Å². The fourth-order valence-electron chi connectivity index (χ4n) is 2.09. The smallest absolute Gasteiger partial charge is 0.104 e. The van der Waals surface area contributed by atoms with Crippen molar-refractivity contribution >= 4 is 28.1 Å². The number of nitrogens with two attached hydrogens (primary N) is 1. The summed E-state index contributed by atoms with van der Waals surface area (Å²) in [5, 5.41) is 1.23. The standard InChI is InChI=1S/C13H14N2S/c14-13(16)11-3-4-12-10(7-11)5-6-15(12)8-9-1-2-9/h3-7,9H,1-2,8H2,(H2,14,16). The van der Waals surface area contributed by atoms with E-state index in [1.807, 2.05) is 6.07 Å². The molecule has 0 atom stereocenters. The Morgan fingerprint density at radius 2 is 2.19 bits per heavy atom. The van der Waals surface area contributed by atoms with Crippen LogP contribution in [0.4, 0.5) is 0 Å². The molecular formula is C13H14N2S. The highest BCUT2D eigenvalue weighted by Gasteiger charge is 2.21. The molecule has 0 spiro atoms. The summed E-state index contributed by atoms with van der Waals surface area (Å²) >= 11 is 4.98. The Morgan fingerprint density at radius 3 is 2.88 bits per heavy atom. The van der Waals surface area contributed by atoms with E-state index in [9.17, 15) is 0 Å². The van der Waals surface area contributed by atoms with Gasteiger partial charge >= 0.3 is 0 Å². The third kappa shape index (κ3) is 1.71. The third-order valence-corrected chi connectivity index (χ3v) is 3.44. The zero-order valence-corrected chi connectivity index (χ0v) is 9.83. The van der Waals surface area contributed by atoms with Crippen molar-refractivity contribution in [1.29, 1.82) is 0 Å². The molecular weight excluding hydrogens is 216 g/mol. The van der Waals surface area contributed by atoms with Gasteiger partial charge in [-0.1, -0.05) is 12.2 Å². The third-order valence-electron chi connectivity index (χ3n) is 3.21. The summed E-state index contributed by atoms with van der Waals surface area (Å²) in [6.07, 6.45) is 4.92. The minimum atomic E-state index is 0.469. The van der Waals surface area contributed by atoms with E-state index in [-0.39, 0.29) is 0 Å². The van der Waals surface area contributed by atoms with E-state index in [1.54, 1.807) is 0 Å². The summed E-state index contributed by atoms with van der Waals surface area (Å²) in [4.78, 5) is 0.469. The molecule has 1 aliphatic rings. The maximum Gasteiger partial charge on any atom is 0.104 e. The lowest BCUT2D eigenvalue weighted by molar-refractivity contribution is 0.647. The number of hydrogen-bond donors (Lipinski definition) is 1. The van der Waals surface area contributed by atoms with Crippen LogP contribution in [0, 0.1) is 5.92 Å². The Hall–Kier alpha value is -1.35. The van der Waals surface area contributed by atoms with Crippen LogP contribution in [0.3, 0.4) is 0 Å². The Kier molecular flexibility index (Phi) is 2.21.